The van der Waals surface area contributed by atoms with Crippen molar-refractivity contribution in [3.05, 3.63) is 48.0 Å². The van der Waals surface area contributed by atoms with Gasteiger partial charge in [-0.25, -0.2) is 4.79 Å². The molecule has 2 aromatic rings. The first-order chi connectivity index (χ1) is 14.9. The summed E-state index contributed by atoms with van der Waals surface area (Å²) in [6, 6.07) is 12.6. The first kappa shape index (κ1) is 20.8. The minimum atomic E-state index is -1.27. The van der Waals surface area contributed by atoms with Crippen molar-refractivity contribution in [1.82, 2.24) is 21.1 Å². The molecule has 1 aliphatic carbocycles. The number of urea groups is 1. The summed E-state index contributed by atoms with van der Waals surface area (Å²) in [7, 11) is 0. The zero-order valence-corrected chi connectivity index (χ0v) is 17.4. The molecule has 2 aromatic carbocycles. The molecule has 0 radical (unpaired) electrons. The van der Waals surface area contributed by atoms with E-state index in [2.05, 4.69) is 16.2 Å². The van der Waals surface area contributed by atoms with Gasteiger partial charge < -0.3 is 5.32 Å². The number of imide groups is 1. The van der Waals surface area contributed by atoms with Gasteiger partial charge in [-0.15, -0.1) is 0 Å². The molecule has 1 saturated heterocycles. The van der Waals surface area contributed by atoms with Gasteiger partial charge in [0.25, 0.3) is 11.8 Å². The van der Waals surface area contributed by atoms with Crippen molar-refractivity contribution in [2.75, 3.05) is 6.54 Å². The fourth-order valence-corrected chi connectivity index (χ4v) is 4.32. The Morgan fingerprint density at radius 2 is 1.74 bits per heavy atom. The molecule has 1 heterocycles. The van der Waals surface area contributed by atoms with Crippen LogP contribution in [0.4, 0.5) is 4.79 Å². The summed E-state index contributed by atoms with van der Waals surface area (Å²) in [6.45, 7) is 1.15. The molecular formula is C23H26N4O4. The van der Waals surface area contributed by atoms with E-state index in [9.17, 15) is 19.2 Å². The summed E-state index contributed by atoms with van der Waals surface area (Å²) >= 11 is 0. The predicted octanol–water partition coefficient (Wildman–Crippen LogP) is 2.33. The van der Waals surface area contributed by atoms with Crippen LogP contribution in [0.1, 0.15) is 44.6 Å². The highest BCUT2D eigenvalue weighted by Crippen LogP contribution is 2.31. The predicted molar refractivity (Wildman–Crippen MR) is 114 cm³/mol. The van der Waals surface area contributed by atoms with E-state index in [1.54, 1.807) is 13.0 Å². The summed E-state index contributed by atoms with van der Waals surface area (Å²) in [6.07, 6.45) is 4.74. The maximum atomic E-state index is 13.1. The summed E-state index contributed by atoms with van der Waals surface area (Å²) in [4.78, 5) is 50.9. The normalized spacial score (nSPS) is 21.8. The number of hydrogen-bond acceptors (Lipinski definition) is 4. The van der Waals surface area contributed by atoms with E-state index in [-0.39, 0.29) is 11.8 Å². The molecule has 0 unspecified atom stereocenters. The van der Waals surface area contributed by atoms with E-state index in [4.69, 9.17) is 0 Å². The van der Waals surface area contributed by atoms with Crippen molar-refractivity contribution >= 4 is 34.5 Å². The van der Waals surface area contributed by atoms with Crippen LogP contribution in [0.3, 0.4) is 0 Å². The smallest absolute Gasteiger partial charge is 0.319 e. The minimum Gasteiger partial charge on any atom is -0.319 e. The Labute approximate surface area is 180 Å². The van der Waals surface area contributed by atoms with E-state index < -0.39 is 29.9 Å². The topological polar surface area (TPSA) is 108 Å². The number of rotatable bonds is 4. The molecular weight excluding hydrogens is 396 g/mol. The largest absolute Gasteiger partial charge is 0.325 e. The van der Waals surface area contributed by atoms with E-state index in [1.807, 2.05) is 36.4 Å². The molecule has 0 bridgehead atoms. The van der Waals surface area contributed by atoms with Gasteiger partial charge in [0, 0.05) is 5.92 Å². The third kappa shape index (κ3) is 4.10. The van der Waals surface area contributed by atoms with E-state index in [0.29, 0.717) is 5.56 Å². The monoisotopic (exact) mass is 422 g/mol. The second kappa shape index (κ2) is 8.37. The number of benzene rings is 2. The van der Waals surface area contributed by atoms with Gasteiger partial charge in [-0.05, 0) is 42.2 Å². The van der Waals surface area contributed by atoms with Gasteiger partial charge in [0.15, 0.2) is 0 Å². The van der Waals surface area contributed by atoms with Crippen LogP contribution in [-0.4, -0.2) is 35.2 Å². The second-order valence-electron chi connectivity index (χ2n) is 8.38. The Balaban J connectivity index is 1.41. The standard InChI is InChI=1S/C23H26N4O4/c1-23(18-12-11-15-7-5-6-10-17(15)13-18)21(30)27(22(31)24-23)14-19(28)25-26-20(29)16-8-3-2-4-9-16/h5-7,10-13,16H,2-4,8-9,14H2,1H3,(H,24,31)(H,25,28)(H,26,29)/t23-/m0/s1. The lowest BCUT2D eigenvalue weighted by Gasteiger charge is -2.23. The maximum absolute atomic E-state index is 13.1. The summed E-state index contributed by atoms with van der Waals surface area (Å²) in [5.41, 5.74) is 4.11. The number of amides is 5. The average molecular weight is 422 g/mol. The Kier molecular flexibility index (Phi) is 5.63. The van der Waals surface area contributed by atoms with Crippen LogP contribution in [0.2, 0.25) is 0 Å². The first-order valence-electron chi connectivity index (χ1n) is 10.6. The number of carbonyl (C=O) groups excluding carboxylic acids is 4. The average Bonchev–Trinajstić information content (AvgIpc) is 3.01. The van der Waals surface area contributed by atoms with Gasteiger partial charge in [-0.3, -0.25) is 30.1 Å². The van der Waals surface area contributed by atoms with Crippen LogP contribution in [0, 0.1) is 5.92 Å². The van der Waals surface area contributed by atoms with E-state index in [1.165, 1.54) is 0 Å². The van der Waals surface area contributed by atoms with Crippen molar-refractivity contribution in [3.8, 4) is 0 Å². The molecule has 0 spiro atoms. The number of hydrazine groups is 1. The third-order valence-corrected chi connectivity index (χ3v) is 6.20. The lowest BCUT2D eigenvalue weighted by atomic mass is 9.89. The van der Waals surface area contributed by atoms with Gasteiger partial charge >= 0.3 is 6.03 Å². The molecule has 31 heavy (non-hydrogen) atoms. The number of fused-ring (bicyclic) bond motifs is 1. The minimum absolute atomic E-state index is 0.109. The number of nitrogens with one attached hydrogen (secondary N) is 3. The Morgan fingerprint density at radius 1 is 1.03 bits per heavy atom. The Hall–Kier alpha value is -3.42. The lowest BCUT2D eigenvalue weighted by molar-refractivity contribution is -0.136. The molecule has 2 aliphatic rings. The molecule has 2 fully saturated rings. The van der Waals surface area contributed by atoms with Gasteiger partial charge in [0.05, 0.1) is 0 Å². The van der Waals surface area contributed by atoms with Crippen LogP contribution in [0.25, 0.3) is 10.8 Å². The second-order valence-corrected chi connectivity index (χ2v) is 8.38. The van der Waals surface area contributed by atoms with Crippen LogP contribution in [-0.2, 0) is 19.9 Å². The van der Waals surface area contributed by atoms with Crippen LogP contribution < -0.4 is 16.2 Å². The molecule has 5 amide bonds. The van der Waals surface area contributed by atoms with Crippen molar-refractivity contribution in [1.29, 1.82) is 0 Å². The van der Waals surface area contributed by atoms with E-state index >= 15 is 0 Å². The Bertz CT molecular complexity index is 1050. The van der Waals surface area contributed by atoms with Crippen molar-refractivity contribution < 1.29 is 19.2 Å². The summed E-state index contributed by atoms with van der Waals surface area (Å²) in [5.74, 6) is -1.48. The highest BCUT2D eigenvalue weighted by Gasteiger charge is 2.49. The number of hydrogen-bond donors (Lipinski definition) is 3. The fourth-order valence-electron chi connectivity index (χ4n) is 4.32. The van der Waals surface area contributed by atoms with Gasteiger partial charge in [0.1, 0.15) is 12.1 Å². The quantitative estimate of drug-likeness (QED) is 0.519. The number of nitrogens with zero attached hydrogens (tertiary/aromatic N) is 1. The summed E-state index contributed by atoms with van der Waals surface area (Å²) in [5, 5.41) is 4.68. The molecule has 4 rings (SSSR count). The molecule has 3 N–H and O–H groups in total. The van der Waals surface area contributed by atoms with Crippen LogP contribution >= 0.6 is 0 Å². The zero-order chi connectivity index (χ0) is 22.0. The van der Waals surface area contributed by atoms with E-state index in [0.717, 1.165) is 47.8 Å². The van der Waals surface area contributed by atoms with Gasteiger partial charge in [-0.2, -0.15) is 0 Å². The van der Waals surface area contributed by atoms with Crippen LogP contribution in [0.15, 0.2) is 42.5 Å². The lowest BCUT2D eigenvalue weighted by Crippen LogP contribution is -2.49. The third-order valence-electron chi connectivity index (χ3n) is 6.20. The highest BCUT2D eigenvalue weighted by molar-refractivity contribution is 6.09. The van der Waals surface area contributed by atoms with Crippen molar-refractivity contribution in [3.63, 3.8) is 0 Å². The highest BCUT2D eigenvalue weighted by atomic mass is 16.2. The Morgan fingerprint density at radius 3 is 2.48 bits per heavy atom. The SMILES string of the molecule is C[C@@]1(c2ccc3ccccc3c2)NC(=O)N(CC(=O)NNC(=O)C2CCCCC2)C1=O. The molecule has 8 heteroatoms. The van der Waals surface area contributed by atoms with Gasteiger partial charge in [-0.1, -0.05) is 55.7 Å². The molecule has 1 atom stereocenters. The fraction of sp³-hybridized carbons (Fsp3) is 0.391. The van der Waals surface area contributed by atoms with Crippen LogP contribution in [0.5, 0.6) is 0 Å². The molecule has 1 aliphatic heterocycles. The summed E-state index contributed by atoms with van der Waals surface area (Å²) < 4.78 is 0. The van der Waals surface area contributed by atoms with Crippen molar-refractivity contribution in [2.45, 2.75) is 44.6 Å². The number of carbonyl (C=O) groups is 4. The van der Waals surface area contributed by atoms with Gasteiger partial charge in [0.2, 0.25) is 5.91 Å². The maximum Gasteiger partial charge on any atom is 0.325 e. The van der Waals surface area contributed by atoms with Crippen molar-refractivity contribution in [2.24, 2.45) is 5.92 Å². The first-order valence-corrected chi connectivity index (χ1v) is 10.6. The molecule has 8 nitrogen and oxygen atoms in total. The molecule has 162 valence electrons. The zero-order valence-electron chi connectivity index (χ0n) is 17.4. The molecule has 1 saturated carbocycles. The molecule has 0 aromatic heterocycles.